The summed E-state index contributed by atoms with van der Waals surface area (Å²) in [6.45, 7) is 2.02. The van der Waals surface area contributed by atoms with E-state index in [1.54, 1.807) is 18.4 Å². The molecular weight excluding hydrogens is 285 g/mol. The Balaban J connectivity index is 2.08. The Kier molecular flexibility index (Phi) is 5.51. The normalized spacial score (nSPS) is 13.7. The second-order valence-electron chi connectivity index (χ2n) is 5.22. The van der Waals surface area contributed by atoms with Gasteiger partial charge in [0.1, 0.15) is 5.82 Å². The largest absolute Gasteiger partial charge is 0.382 e. The average Bonchev–Trinajstić information content (AvgIpc) is 2.43. The van der Waals surface area contributed by atoms with Crippen molar-refractivity contribution < 1.29 is 8.60 Å². The van der Waals surface area contributed by atoms with Crippen molar-refractivity contribution in [2.24, 2.45) is 0 Å². The van der Waals surface area contributed by atoms with Crippen LogP contribution < -0.4 is 5.32 Å². The van der Waals surface area contributed by atoms with E-state index < -0.39 is 10.8 Å². The minimum atomic E-state index is -0.883. The van der Waals surface area contributed by atoms with Crippen LogP contribution in [0.2, 0.25) is 0 Å². The van der Waals surface area contributed by atoms with Crippen LogP contribution in [0, 0.1) is 5.82 Å². The first-order valence-electron chi connectivity index (χ1n) is 6.94. The Morgan fingerprint density at radius 1 is 1.10 bits per heavy atom. The van der Waals surface area contributed by atoms with E-state index in [4.69, 9.17) is 0 Å². The predicted molar refractivity (Wildman–Crippen MR) is 87.4 cm³/mol. The van der Waals surface area contributed by atoms with E-state index in [1.165, 1.54) is 6.07 Å². The van der Waals surface area contributed by atoms with Crippen molar-refractivity contribution in [3.8, 4) is 0 Å². The zero-order chi connectivity index (χ0) is 15.2. The minimum absolute atomic E-state index is 0.0911. The SMILES string of the molecule is C[C@@H](Cc1ccccc1F)Nc1ccccc1C[S@](C)=O. The summed E-state index contributed by atoms with van der Waals surface area (Å²) in [4.78, 5) is 0. The van der Waals surface area contributed by atoms with Crippen LogP contribution in [0.4, 0.5) is 10.1 Å². The molecule has 112 valence electrons. The van der Waals surface area contributed by atoms with Gasteiger partial charge in [-0.2, -0.15) is 0 Å². The number of rotatable bonds is 6. The Labute approximate surface area is 127 Å². The third kappa shape index (κ3) is 4.67. The maximum atomic E-state index is 13.7. The van der Waals surface area contributed by atoms with Crippen molar-refractivity contribution >= 4 is 16.5 Å². The second kappa shape index (κ2) is 7.36. The topological polar surface area (TPSA) is 29.1 Å². The zero-order valence-electron chi connectivity index (χ0n) is 12.3. The summed E-state index contributed by atoms with van der Waals surface area (Å²) in [5.41, 5.74) is 2.70. The van der Waals surface area contributed by atoms with Crippen LogP contribution >= 0.6 is 0 Å². The Hall–Kier alpha value is -1.68. The van der Waals surface area contributed by atoms with Crippen LogP contribution in [0.5, 0.6) is 0 Å². The smallest absolute Gasteiger partial charge is 0.126 e. The summed E-state index contributed by atoms with van der Waals surface area (Å²) in [7, 11) is -0.883. The molecule has 2 atom stereocenters. The Bertz CT molecular complexity index is 630. The number of hydrogen-bond donors (Lipinski definition) is 1. The third-order valence-corrected chi connectivity index (χ3v) is 3.98. The van der Waals surface area contributed by atoms with Crippen LogP contribution in [0.15, 0.2) is 48.5 Å². The van der Waals surface area contributed by atoms with Crippen molar-refractivity contribution in [3.63, 3.8) is 0 Å². The van der Waals surface area contributed by atoms with Gasteiger partial charge in [0.25, 0.3) is 0 Å². The molecule has 0 bridgehead atoms. The van der Waals surface area contributed by atoms with E-state index in [1.807, 2.05) is 37.3 Å². The highest BCUT2D eigenvalue weighted by Gasteiger charge is 2.10. The molecule has 21 heavy (non-hydrogen) atoms. The predicted octanol–water partition coefficient (Wildman–Crippen LogP) is 3.75. The fraction of sp³-hybridized carbons (Fsp3) is 0.294. The molecular formula is C17H20FNOS. The van der Waals surface area contributed by atoms with Crippen molar-refractivity contribution in [2.75, 3.05) is 11.6 Å². The molecule has 0 aromatic heterocycles. The van der Waals surface area contributed by atoms with Gasteiger partial charge < -0.3 is 5.32 Å². The summed E-state index contributed by atoms with van der Waals surface area (Å²) >= 11 is 0. The lowest BCUT2D eigenvalue weighted by atomic mass is 10.1. The van der Waals surface area contributed by atoms with E-state index in [0.717, 1.165) is 11.3 Å². The van der Waals surface area contributed by atoms with Crippen molar-refractivity contribution in [1.82, 2.24) is 0 Å². The van der Waals surface area contributed by atoms with Gasteiger partial charge in [-0.1, -0.05) is 36.4 Å². The number of halogens is 1. The molecule has 0 amide bonds. The highest BCUT2D eigenvalue weighted by molar-refractivity contribution is 7.83. The lowest BCUT2D eigenvalue weighted by Crippen LogP contribution is -2.19. The van der Waals surface area contributed by atoms with Crippen LogP contribution in [0.3, 0.4) is 0 Å². The molecule has 0 radical (unpaired) electrons. The van der Waals surface area contributed by atoms with Crippen molar-refractivity contribution in [3.05, 3.63) is 65.5 Å². The molecule has 0 aliphatic rings. The summed E-state index contributed by atoms with van der Waals surface area (Å²) in [5.74, 6) is 0.351. The minimum Gasteiger partial charge on any atom is -0.382 e. The fourth-order valence-corrected chi connectivity index (χ4v) is 3.01. The third-order valence-electron chi connectivity index (χ3n) is 3.26. The summed E-state index contributed by atoms with van der Waals surface area (Å²) in [5, 5.41) is 3.39. The molecule has 0 saturated carbocycles. The van der Waals surface area contributed by atoms with Gasteiger partial charge in [-0.25, -0.2) is 4.39 Å². The van der Waals surface area contributed by atoms with Crippen LogP contribution in [-0.2, 0) is 23.0 Å². The lowest BCUT2D eigenvalue weighted by molar-refractivity contribution is 0.601. The molecule has 1 N–H and O–H groups in total. The average molecular weight is 305 g/mol. The van der Waals surface area contributed by atoms with Gasteiger partial charge in [-0.05, 0) is 36.6 Å². The first kappa shape index (κ1) is 15.7. The first-order chi connectivity index (χ1) is 10.1. The monoisotopic (exact) mass is 305 g/mol. The van der Waals surface area contributed by atoms with Crippen LogP contribution in [0.25, 0.3) is 0 Å². The number of nitrogens with one attached hydrogen (secondary N) is 1. The van der Waals surface area contributed by atoms with E-state index in [9.17, 15) is 8.60 Å². The van der Waals surface area contributed by atoms with Crippen LogP contribution in [0.1, 0.15) is 18.1 Å². The molecule has 0 aliphatic heterocycles. The molecule has 2 nitrogen and oxygen atoms in total. The molecule has 0 heterocycles. The highest BCUT2D eigenvalue weighted by Crippen LogP contribution is 2.19. The number of anilines is 1. The molecule has 0 fully saturated rings. The highest BCUT2D eigenvalue weighted by atomic mass is 32.2. The summed E-state index contributed by atoms with van der Waals surface area (Å²) in [6, 6.07) is 14.8. The molecule has 2 aromatic rings. The fourth-order valence-electron chi connectivity index (χ4n) is 2.32. The van der Waals surface area contributed by atoms with Gasteiger partial charge in [0.15, 0.2) is 0 Å². The summed E-state index contributed by atoms with van der Waals surface area (Å²) < 4.78 is 25.1. The maximum Gasteiger partial charge on any atom is 0.126 e. The van der Waals surface area contributed by atoms with Crippen molar-refractivity contribution in [1.29, 1.82) is 0 Å². The quantitative estimate of drug-likeness (QED) is 0.880. The van der Waals surface area contributed by atoms with E-state index in [0.29, 0.717) is 17.7 Å². The number of para-hydroxylation sites is 1. The zero-order valence-corrected chi connectivity index (χ0v) is 13.1. The first-order valence-corrected chi connectivity index (χ1v) is 8.67. The lowest BCUT2D eigenvalue weighted by Gasteiger charge is -2.18. The van der Waals surface area contributed by atoms with E-state index >= 15 is 0 Å². The number of hydrogen-bond acceptors (Lipinski definition) is 2. The van der Waals surface area contributed by atoms with E-state index in [2.05, 4.69) is 5.32 Å². The standard InChI is InChI=1S/C17H20FNOS/c1-13(11-14-7-3-5-9-16(14)18)19-17-10-6-4-8-15(17)12-21(2)20/h3-10,13,19H,11-12H2,1-2H3/t13-,21-/m0/s1. The van der Waals surface area contributed by atoms with E-state index in [-0.39, 0.29) is 11.9 Å². The van der Waals surface area contributed by atoms with Crippen molar-refractivity contribution in [2.45, 2.75) is 25.1 Å². The van der Waals surface area contributed by atoms with Gasteiger partial charge in [0, 0.05) is 28.8 Å². The molecule has 2 rings (SSSR count). The molecule has 0 aliphatic carbocycles. The maximum absolute atomic E-state index is 13.7. The second-order valence-corrected chi connectivity index (χ2v) is 6.65. The van der Waals surface area contributed by atoms with Crippen LogP contribution in [-0.4, -0.2) is 16.5 Å². The van der Waals surface area contributed by atoms with Gasteiger partial charge in [0.05, 0.1) is 5.75 Å². The number of benzene rings is 2. The summed E-state index contributed by atoms with van der Waals surface area (Å²) in [6.07, 6.45) is 2.30. The van der Waals surface area contributed by atoms with Gasteiger partial charge >= 0.3 is 0 Å². The Morgan fingerprint density at radius 3 is 2.38 bits per heavy atom. The molecule has 0 saturated heterocycles. The van der Waals surface area contributed by atoms with Gasteiger partial charge in [-0.15, -0.1) is 0 Å². The Morgan fingerprint density at radius 2 is 1.71 bits per heavy atom. The van der Waals surface area contributed by atoms with Gasteiger partial charge in [-0.3, -0.25) is 4.21 Å². The molecule has 0 unspecified atom stereocenters. The van der Waals surface area contributed by atoms with Gasteiger partial charge in [0.2, 0.25) is 0 Å². The molecule has 2 aromatic carbocycles. The molecule has 0 spiro atoms. The molecule has 4 heteroatoms.